The third-order valence-corrected chi connectivity index (χ3v) is 8.30. The number of rotatable bonds is 5. The molecule has 162 valence electrons. The molecule has 1 saturated carbocycles. The van der Waals surface area contributed by atoms with Crippen molar-refractivity contribution in [2.75, 3.05) is 11.9 Å². The Morgan fingerprint density at radius 3 is 2.90 bits per heavy atom. The molecule has 0 saturated heterocycles. The van der Waals surface area contributed by atoms with Crippen LogP contribution in [0.1, 0.15) is 31.2 Å². The van der Waals surface area contributed by atoms with Gasteiger partial charge in [-0.2, -0.15) is 0 Å². The van der Waals surface area contributed by atoms with E-state index in [0.29, 0.717) is 22.2 Å². The molecule has 8 heteroatoms. The molecule has 2 N–H and O–H groups in total. The van der Waals surface area contributed by atoms with Crippen LogP contribution in [0.5, 0.6) is 0 Å². The second-order valence-electron chi connectivity index (χ2n) is 8.23. The first-order valence-corrected chi connectivity index (χ1v) is 12.5. The van der Waals surface area contributed by atoms with Crippen molar-refractivity contribution in [3.05, 3.63) is 70.5 Å². The van der Waals surface area contributed by atoms with Gasteiger partial charge in [0.05, 0.1) is 5.69 Å². The summed E-state index contributed by atoms with van der Waals surface area (Å²) >= 11 is 3.40. The molecule has 1 aliphatic carbocycles. The van der Waals surface area contributed by atoms with Gasteiger partial charge < -0.3 is 9.73 Å². The van der Waals surface area contributed by atoms with E-state index in [1.165, 1.54) is 12.1 Å². The SMILES string of the molecule is C=C1CCCC2Nc3c(F)cc(Br)cc3C12CCNS(=O)(=O)c1cc2ccccc2o1. The standard InChI is InChI=1S/C23H22BrFN2O3S/c1-14-5-4-8-20-23(14,17-12-16(24)13-18(25)22(17)27-20)9-10-26-31(28,29)21-11-15-6-2-3-7-19(15)30-21/h2-3,6-7,11-13,20,26-27H,1,4-5,8-10H2. The Hall–Kier alpha value is -2.16. The molecular weight excluding hydrogens is 483 g/mol. The molecule has 2 unspecified atom stereocenters. The molecule has 2 atom stereocenters. The molecular formula is C23H22BrFN2O3S. The van der Waals surface area contributed by atoms with Crippen LogP contribution in [-0.2, 0) is 15.4 Å². The molecule has 0 amide bonds. The predicted octanol–water partition coefficient (Wildman–Crippen LogP) is 5.48. The summed E-state index contributed by atoms with van der Waals surface area (Å²) in [5, 5.41) is 3.97. The van der Waals surface area contributed by atoms with E-state index in [1.807, 2.05) is 12.1 Å². The van der Waals surface area contributed by atoms with E-state index in [2.05, 4.69) is 32.5 Å². The van der Waals surface area contributed by atoms with Gasteiger partial charge in [-0.05, 0) is 49.4 Å². The highest BCUT2D eigenvalue weighted by Crippen LogP contribution is 2.54. The number of benzene rings is 2. The maximum absolute atomic E-state index is 14.7. The van der Waals surface area contributed by atoms with Gasteiger partial charge >= 0.3 is 0 Å². The minimum atomic E-state index is -3.82. The van der Waals surface area contributed by atoms with Gasteiger partial charge in [0.25, 0.3) is 10.0 Å². The number of para-hydroxylation sites is 1. The fraction of sp³-hybridized carbons (Fsp3) is 0.304. The fourth-order valence-corrected chi connectivity index (χ4v) is 6.51. The zero-order valence-corrected chi connectivity index (χ0v) is 19.2. The normalized spacial score (nSPS) is 22.9. The Labute approximate surface area is 188 Å². The molecule has 1 aromatic heterocycles. The monoisotopic (exact) mass is 504 g/mol. The summed E-state index contributed by atoms with van der Waals surface area (Å²) in [6.45, 7) is 4.50. The summed E-state index contributed by atoms with van der Waals surface area (Å²) in [5.41, 5.74) is 2.36. The highest BCUT2D eigenvalue weighted by Gasteiger charge is 2.51. The van der Waals surface area contributed by atoms with Crippen LogP contribution in [0, 0.1) is 5.82 Å². The maximum Gasteiger partial charge on any atom is 0.274 e. The Morgan fingerprint density at radius 2 is 2.10 bits per heavy atom. The van der Waals surface area contributed by atoms with E-state index < -0.39 is 15.4 Å². The Morgan fingerprint density at radius 1 is 1.29 bits per heavy atom. The van der Waals surface area contributed by atoms with Gasteiger partial charge in [-0.1, -0.05) is 46.3 Å². The minimum absolute atomic E-state index is 0.0109. The highest BCUT2D eigenvalue weighted by molar-refractivity contribution is 9.10. The van der Waals surface area contributed by atoms with Crippen molar-refractivity contribution >= 4 is 42.6 Å². The number of fused-ring (bicyclic) bond motifs is 4. The van der Waals surface area contributed by atoms with Crippen LogP contribution < -0.4 is 10.0 Å². The Bertz CT molecular complexity index is 1270. The Balaban J connectivity index is 1.44. The number of sulfonamides is 1. The Kier molecular flexibility index (Phi) is 4.99. The fourth-order valence-electron chi connectivity index (χ4n) is 5.08. The van der Waals surface area contributed by atoms with Crippen LogP contribution in [0.4, 0.5) is 10.1 Å². The minimum Gasteiger partial charge on any atom is -0.443 e. The lowest BCUT2D eigenvalue weighted by Crippen LogP contribution is -2.45. The first-order chi connectivity index (χ1) is 14.8. The molecule has 2 aliphatic rings. The summed E-state index contributed by atoms with van der Waals surface area (Å²) in [6.07, 6.45) is 3.16. The van der Waals surface area contributed by atoms with Crippen molar-refractivity contribution in [1.29, 1.82) is 0 Å². The molecule has 2 heterocycles. The van der Waals surface area contributed by atoms with Crippen LogP contribution >= 0.6 is 15.9 Å². The average Bonchev–Trinajstić information content (AvgIpc) is 3.30. The van der Waals surface area contributed by atoms with Crippen molar-refractivity contribution in [2.45, 2.75) is 42.2 Å². The first kappa shape index (κ1) is 20.7. The summed E-state index contributed by atoms with van der Waals surface area (Å²) in [4.78, 5) is 0. The van der Waals surface area contributed by atoms with Crippen molar-refractivity contribution < 1.29 is 17.2 Å². The van der Waals surface area contributed by atoms with Crippen LogP contribution in [0.3, 0.4) is 0 Å². The molecule has 2 aromatic carbocycles. The van der Waals surface area contributed by atoms with Gasteiger partial charge in [-0.25, -0.2) is 17.5 Å². The van der Waals surface area contributed by atoms with Gasteiger partial charge in [-0.15, -0.1) is 0 Å². The molecule has 3 aromatic rings. The summed E-state index contributed by atoms with van der Waals surface area (Å²) < 4.78 is 49.3. The second-order valence-corrected chi connectivity index (χ2v) is 10.8. The molecule has 0 bridgehead atoms. The number of furan rings is 1. The van der Waals surface area contributed by atoms with E-state index in [0.717, 1.165) is 35.8 Å². The van der Waals surface area contributed by atoms with Gasteiger partial charge in [0.2, 0.25) is 5.09 Å². The van der Waals surface area contributed by atoms with Crippen LogP contribution in [0.2, 0.25) is 0 Å². The zero-order chi connectivity index (χ0) is 21.8. The maximum atomic E-state index is 14.7. The number of hydrogen-bond acceptors (Lipinski definition) is 4. The predicted molar refractivity (Wildman–Crippen MR) is 122 cm³/mol. The van der Waals surface area contributed by atoms with Crippen molar-refractivity contribution in [3.8, 4) is 0 Å². The lowest BCUT2D eigenvalue weighted by atomic mass is 9.63. The third kappa shape index (κ3) is 3.32. The van der Waals surface area contributed by atoms with Crippen molar-refractivity contribution in [2.24, 2.45) is 0 Å². The van der Waals surface area contributed by atoms with E-state index in [-0.39, 0.29) is 23.5 Å². The van der Waals surface area contributed by atoms with E-state index in [4.69, 9.17) is 4.42 Å². The van der Waals surface area contributed by atoms with Gasteiger partial charge in [0, 0.05) is 33.9 Å². The molecule has 1 fully saturated rings. The van der Waals surface area contributed by atoms with Crippen molar-refractivity contribution in [1.82, 2.24) is 4.72 Å². The molecule has 5 rings (SSSR count). The molecule has 5 nitrogen and oxygen atoms in total. The lowest BCUT2D eigenvalue weighted by Gasteiger charge is -2.42. The highest BCUT2D eigenvalue weighted by atomic mass is 79.9. The second kappa shape index (κ2) is 7.46. The largest absolute Gasteiger partial charge is 0.443 e. The topological polar surface area (TPSA) is 71.3 Å². The average molecular weight is 505 g/mol. The molecule has 0 spiro atoms. The first-order valence-electron chi connectivity index (χ1n) is 10.2. The number of anilines is 1. The number of halogens is 2. The summed E-state index contributed by atoms with van der Waals surface area (Å²) in [5.74, 6) is -0.311. The van der Waals surface area contributed by atoms with E-state index in [9.17, 15) is 12.8 Å². The molecule has 1 aliphatic heterocycles. The van der Waals surface area contributed by atoms with E-state index >= 15 is 0 Å². The van der Waals surface area contributed by atoms with Crippen molar-refractivity contribution in [3.63, 3.8) is 0 Å². The summed E-state index contributed by atoms with van der Waals surface area (Å²) in [6, 6.07) is 12.1. The van der Waals surface area contributed by atoms with Crippen LogP contribution in [-0.4, -0.2) is 21.0 Å². The summed E-state index contributed by atoms with van der Waals surface area (Å²) in [7, 11) is -3.82. The lowest BCUT2D eigenvalue weighted by molar-refractivity contribution is 0.344. The van der Waals surface area contributed by atoms with Gasteiger partial charge in [0.1, 0.15) is 11.4 Å². The molecule has 31 heavy (non-hydrogen) atoms. The van der Waals surface area contributed by atoms with Gasteiger partial charge in [-0.3, -0.25) is 0 Å². The van der Waals surface area contributed by atoms with Gasteiger partial charge in [0.15, 0.2) is 0 Å². The third-order valence-electron chi connectivity index (χ3n) is 6.53. The molecule has 0 radical (unpaired) electrons. The van der Waals surface area contributed by atoms with E-state index in [1.54, 1.807) is 18.2 Å². The van der Waals surface area contributed by atoms with Crippen LogP contribution in [0.15, 0.2) is 68.6 Å². The van der Waals surface area contributed by atoms with Crippen LogP contribution in [0.25, 0.3) is 11.0 Å². The zero-order valence-electron chi connectivity index (χ0n) is 16.8. The number of hydrogen-bond donors (Lipinski definition) is 2. The number of nitrogens with one attached hydrogen (secondary N) is 2. The quantitative estimate of drug-likeness (QED) is 0.451. The smallest absolute Gasteiger partial charge is 0.274 e.